The quantitative estimate of drug-likeness (QED) is 0.427. The summed E-state index contributed by atoms with van der Waals surface area (Å²) in [7, 11) is 2.15. The summed E-state index contributed by atoms with van der Waals surface area (Å²) < 4.78 is 28.4. The van der Waals surface area contributed by atoms with Crippen molar-refractivity contribution in [3.63, 3.8) is 0 Å². The lowest BCUT2D eigenvalue weighted by Gasteiger charge is -2.13. The molecule has 0 saturated carbocycles. The molecule has 0 aliphatic heterocycles. The van der Waals surface area contributed by atoms with Crippen molar-refractivity contribution in [2.45, 2.75) is 27.2 Å². The van der Waals surface area contributed by atoms with E-state index in [0.29, 0.717) is 22.8 Å². The molecule has 0 aromatic heterocycles. The van der Waals surface area contributed by atoms with Crippen LogP contribution >= 0.6 is 7.80 Å². The van der Waals surface area contributed by atoms with Crippen LogP contribution in [0.4, 0.5) is 0 Å². The van der Waals surface area contributed by atoms with Crippen molar-refractivity contribution in [3.05, 3.63) is 52.1 Å². The summed E-state index contributed by atoms with van der Waals surface area (Å²) in [6.07, 6.45) is -0.109. The minimum atomic E-state index is -2.24. The Kier molecular flexibility index (Phi) is 7.52. The number of hydrogen-bond donors (Lipinski definition) is 0. The highest BCUT2D eigenvalue weighted by Gasteiger charge is 2.33. The van der Waals surface area contributed by atoms with Crippen molar-refractivity contribution < 1.29 is 28.4 Å². The van der Waals surface area contributed by atoms with Crippen LogP contribution in [-0.4, -0.2) is 38.8 Å². The molecule has 0 fully saturated rings. The minimum absolute atomic E-state index is 0.0436. The molecule has 6 nitrogen and oxygen atoms in total. The van der Waals surface area contributed by atoms with Crippen LogP contribution in [0.2, 0.25) is 0 Å². The van der Waals surface area contributed by atoms with E-state index in [1.54, 1.807) is 12.1 Å². The zero-order chi connectivity index (χ0) is 21.7. The van der Waals surface area contributed by atoms with E-state index in [0.717, 1.165) is 16.7 Å². The second-order valence-electron chi connectivity index (χ2n) is 6.76. The van der Waals surface area contributed by atoms with Crippen molar-refractivity contribution in [3.8, 4) is 17.2 Å². The zero-order valence-electron chi connectivity index (χ0n) is 17.6. The van der Waals surface area contributed by atoms with E-state index in [-0.39, 0.29) is 23.9 Å². The molecule has 154 valence electrons. The molecule has 2 aromatic rings. The molecule has 1 atom stereocenters. The van der Waals surface area contributed by atoms with Crippen LogP contribution < -0.4 is 14.2 Å². The first-order chi connectivity index (χ1) is 13.7. The molecule has 1 unspecified atom stereocenters. The molecular formula is C22H26O6P+. The summed E-state index contributed by atoms with van der Waals surface area (Å²) >= 11 is 0. The molecule has 7 heteroatoms. The van der Waals surface area contributed by atoms with Crippen LogP contribution in [0.1, 0.15) is 43.8 Å². The molecular weight excluding hydrogens is 391 g/mol. The third-order valence-corrected chi connectivity index (χ3v) is 5.96. The number of hydrogen-bond acceptors (Lipinski definition) is 6. The maximum Gasteiger partial charge on any atom is 0.420 e. The summed E-state index contributed by atoms with van der Waals surface area (Å²) in [5.41, 5.74) is 2.93. The highest BCUT2D eigenvalue weighted by Crippen LogP contribution is 2.37. The SMILES string of the molecule is COc1cc(OC)c(C(=O)CC[P+](=O)C(=O)c2c(C)cc(C)cc2C)c(OC)c1. The van der Waals surface area contributed by atoms with Gasteiger partial charge < -0.3 is 14.2 Å². The molecule has 0 saturated heterocycles. The number of aryl methyl sites for hydroxylation is 3. The van der Waals surface area contributed by atoms with Crippen LogP contribution in [0, 0.1) is 20.8 Å². The van der Waals surface area contributed by atoms with Gasteiger partial charge in [0.05, 0.1) is 33.3 Å². The fourth-order valence-electron chi connectivity index (χ4n) is 3.35. The number of carbonyl (C=O) groups excluding carboxylic acids is 2. The maximum absolute atomic E-state index is 12.8. The highest BCUT2D eigenvalue weighted by atomic mass is 31.1. The van der Waals surface area contributed by atoms with Gasteiger partial charge in [-0.1, -0.05) is 22.3 Å². The van der Waals surface area contributed by atoms with E-state index in [1.807, 2.05) is 32.9 Å². The number of ketones is 1. The predicted molar refractivity (Wildman–Crippen MR) is 113 cm³/mol. The molecule has 0 aliphatic rings. The third-order valence-electron chi connectivity index (χ3n) is 4.65. The third kappa shape index (κ3) is 5.01. The number of Topliss-reactive ketones (excluding diaryl/α,β-unsaturated/α-hetero) is 1. The van der Waals surface area contributed by atoms with Crippen molar-refractivity contribution in [1.82, 2.24) is 0 Å². The Morgan fingerprint density at radius 3 is 1.79 bits per heavy atom. The molecule has 29 heavy (non-hydrogen) atoms. The van der Waals surface area contributed by atoms with Gasteiger partial charge in [0.15, 0.2) is 11.9 Å². The van der Waals surface area contributed by atoms with Crippen molar-refractivity contribution in [2.24, 2.45) is 0 Å². The maximum atomic E-state index is 12.8. The summed E-state index contributed by atoms with van der Waals surface area (Å²) in [6, 6.07) is 6.95. The second-order valence-corrected chi connectivity index (χ2v) is 8.37. The van der Waals surface area contributed by atoms with Crippen molar-refractivity contribution >= 4 is 19.1 Å². The molecule has 0 bridgehead atoms. The monoisotopic (exact) mass is 417 g/mol. The zero-order valence-corrected chi connectivity index (χ0v) is 18.5. The summed E-state index contributed by atoms with van der Waals surface area (Å²) in [6.45, 7) is 5.60. The van der Waals surface area contributed by atoms with E-state index in [9.17, 15) is 14.2 Å². The summed E-state index contributed by atoms with van der Waals surface area (Å²) in [5, 5.41) is 0. The predicted octanol–water partition coefficient (Wildman–Crippen LogP) is 4.88. The molecule has 0 N–H and O–H groups in total. The van der Waals surface area contributed by atoms with Crippen LogP contribution in [-0.2, 0) is 4.57 Å². The first kappa shape index (κ1) is 22.6. The van der Waals surface area contributed by atoms with E-state index >= 15 is 0 Å². The number of ether oxygens (including phenoxy) is 3. The Balaban J connectivity index is 2.21. The van der Waals surface area contributed by atoms with E-state index < -0.39 is 13.3 Å². The molecule has 0 radical (unpaired) electrons. The molecule has 0 spiro atoms. The van der Waals surface area contributed by atoms with E-state index in [4.69, 9.17) is 14.2 Å². The van der Waals surface area contributed by atoms with Gasteiger partial charge in [0.25, 0.3) is 0 Å². The second kappa shape index (κ2) is 9.66. The summed E-state index contributed by atoms with van der Waals surface area (Å²) in [5.74, 6) is 0.785. The normalized spacial score (nSPS) is 11.0. The van der Waals surface area contributed by atoms with Gasteiger partial charge in [0, 0.05) is 12.1 Å². The smallest absolute Gasteiger partial charge is 0.420 e. The fraction of sp³-hybridized carbons (Fsp3) is 0.364. The van der Waals surface area contributed by atoms with Gasteiger partial charge in [-0.05, 0) is 31.9 Å². The molecule has 0 heterocycles. The Hall–Kier alpha value is -2.72. The average molecular weight is 417 g/mol. The van der Waals surface area contributed by atoms with Crippen molar-refractivity contribution in [1.29, 1.82) is 0 Å². The largest absolute Gasteiger partial charge is 0.496 e. The van der Waals surface area contributed by atoms with Gasteiger partial charge in [0.2, 0.25) is 0 Å². The lowest BCUT2D eigenvalue weighted by molar-refractivity contribution is 0.0983. The Labute approximate surface area is 172 Å². The molecule has 0 amide bonds. The van der Waals surface area contributed by atoms with Gasteiger partial charge >= 0.3 is 13.3 Å². The Morgan fingerprint density at radius 1 is 0.828 bits per heavy atom. The summed E-state index contributed by atoms with van der Waals surface area (Å²) in [4.78, 5) is 25.5. The van der Waals surface area contributed by atoms with Crippen LogP contribution in [0.5, 0.6) is 17.2 Å². The number of carbonyl (C=O) groups is 2. The van der Waals surface area contributed by atoms with Gasteiger partial charge in [-0.2, -0.15) is 0 Å². The van der Waals surface area contributed by atoms with Gasteiger partial charge in [0.1, 0.15) is 22.8 Å². The van der Waals surface area contributed by atoms with Gasteiger partial charge in [-0.3, -0.25) is 4.79 Å². The van der Waals surface area contributed by atoms with Crippen LogP contribution in [0.3, 0.4) is 0 Å². The first-order valence-corrected chi connectivity index (χ1v) is 10.6. The first-order valence-electron chi connectivity index (χ1n) is 9.13. The number of rotatable bonds is 9. The minimum Gasteiger partial charge on any atom is -0.496 e. The number of benzene rings is 2. The van der Waals surface area contributed by atoms with Crippen LogP contribution in [0.15, 0.2) is 24.3 Å². The van der Waals surface area contributed by atoms with Gasteiger partial charge in [-0.15, -0.1) is 0 Å². The van der Waals surface area contributed by atoms with Gasteiger partial charge in [-0.25, -0.2) is 4.79 Å². The molecule has 2 aromatic carbocycles. The fourth-order valence-corrected chi connectivity index (χ4v) is 4.56. The van der Waals surface area contributed by atoms with E-state index in [2.05, 4.69) is 0 Å². The van der Waals surface area contributed by atoms with E-state index in [1.165, 1.54) is 21.3 Å². The topological polar surface area (TPSA) is 78.9 Å². The van der Waals surface area contributed by atoms with Crippen LogP contribution in [0.25, 0.3) is 0 Å². The highest BCUT2D eigenvalue weighted by molar-refractivity contribution is 7.64. The lowest BCUT2D eigenvalue weighted by atomic mass is 10.0. The molecule has 0 aliphatic carbocycles. The lowest BCUT2D eigenvalue weighted by Crippen LogP contribution is -2.08. The standard InChI is InChI=1S/C22H26O6P/c1-13-9-14(2)20(15(3)10-13)22(24)29(25)8-7-17(23)21-18(27-5)11-16(26-4)12-19(21)28-6/h9-12H,7-8H2,1-6H3/q+1. The average Bonchev–Trinajstić information content (AvgIpc) is 2.69. The van der Waals surface area contributed by atoms with Crippen molar-refractivity contribution in [2.75, 3.05) is 27.5 Å². The Morgan fingerprint density at radius 2 is 1.34 bits per heavy atom. The molecule has 2 rings (SSSR count). The number of methoxy groups -OCH3 is 3. The Bertz CT molecular complexity index is 916.